The summed E-state index contributed by atoms with van der Waals surface area (Å²) >= 11 is 17.9. The first kappa shape index (κ1) is 22.9. The molecule has 31 heavy (non-hydrogen) atoms. The van der Waals surface area contributed by atoms with Gasteiger partial charge in [0.2, 0.25) is 5.91 Å². The Morgan fingerprint density at radius 2 is 1.55 bits per heavy atom. The number of halogens is 3. The minimum Gasteiger partial charge on any atom is -0.484 e. The van der Waals surface area contributed by atoms with Gasteiger partial charge in [-0.15, -0.1) is 0 Å². The van der Waals surface area contributed by atoms with Gasteiger partial charge >= 0.3 is 0 Å². The van der Waals surface area contributed by atoms with E-state index in [1.807, 2.05) is 30.3 Å². The number of carbonyl (C=O) groups excluding carboxylic acids is 2. The van der Waals surface area contributed by atoms with E-state index in [-0.39, 0.29) is 6.61 Å². The molecule has 8 heteroatoms. The molecule has 2 N–H and O–H groups in total. The highest BCUT2D eigenvalue weighted by molar-refractivity contribution is 6.36. The van der Waals surface area contributed by atoms with Gasteiger partial charge in [0.05, 0.1) is 10.7 Å². The maximum absolute atomic E-state index is 12.9. The van der Waals surface area contributed by atoms with Crippen LogP contribution >= 0.6 is 34.8 Å². The largest absolute Gasteiger partial charge is 0.484 e. The molecule has 0 fully saturated rings. The molecule has 3 aromatic carbocycles. The molecule has 2 amide bonds. The van der Waals surface area contributed by atoms with Crippen LogP contribution in [-0.2, 0) is 16.0 Å². The Labute approximate surface area is 195 Å². The van der Waals surface area contributed by atoms with Gasteiger partial charge in [0.1, 0.15) is 11.8 Å². The number of nitrogens with one attached hydrogen (secondary N) is 2. The predicted octanol–water partition coefficient (Wildman–Crippen LogP) is 5.39. The smallest absolute Gasteiger partial charge is 0.258 e. The maximum atomic E-state index is 12.9. The van der Waals surface area contributed by atoms with Gasteiger partial charge in [-0.2, -0.15) is 0 Å². The van der Waals surface area contributed by atoms with Crippen molar-refractivity contribution in [2.75, 3.05) is 11.9 Å². The molecule has 0 heterocycles. The molecule has 0 bridgehead atoms. The fourth-order valence-electron chi connectivity index (χ4n) is 2.79. The van der Waals surface area contributed by atoms with E-state index in [1.54, 1.807) is 36.4 Å². The predicted molar refractivity (Wildman–Crippen MR) is 124 cm³/mol. The number of rotatable bonds is 8. The fraction of sp³-hybridized carbons (Fsp3) is 0.130. The van der Waals surface area contributed by atoms with Gasteiger partial charge in [-0.25, -0.2) is 0 Å². The first-order chi connectivity index (χ1) is 14.9. The van der Waals surface area contributed by atoms with Crippen LogP contribution in [0.15, 0.2) is 72.8 Å². The van der Waals surface area contributed by atoms with Crippen LogP contribution in [-0.4, -0.2) is 24.5 Å². The SMILES string of the molecule is O=C(COc1ccc(Cl)cc1)NC(Cc1ccccc1)C(=O)Nc1ccc(Cl)cc1Cl. The van der Waals surface area contributed by atoms with E-state index < -0.39 is 17.9 Å². The molecule has 0 spiro atoms. The summed E-state index contributed by atoms with van der Waals surface area (Å²) in [5, 5.41) is 6.79. The summed E-state index contributed by atoms with van der Waals surface area (Å²) in [7, 11) is 0. The van der Waals surface area contributed by atoms with Crippen molar-refractivity contribution < 1.29 is 14.3 Å². The summed E-state index contributed by atoms with van der Waals surface area (Å²) in [5.41, 5.74) is 1.30. The fourth-order valence-corrected chi connectivity index (χ4v) is 3.37. The van der Waals surface area contributed by atoms with Crippen LogP contribution in [0.3, 0.4) is 0 Å². The van der Waals surface area contributed by atoms with E-state index in [0.29, 0.717) is 32.9 Å². The Morgan fingerprint density at radius 1 is 0.871 bits per heavy atom. The Kier molecular flexibility index (Phi) is 8.18. The molecule has 0 aliphatic rings. The number of amides is 2. The second kappa shape index (κ2) is 11.0. The van der Waals surface area contributed by atoms with Gasteiger partial charge in [0.15, 0.2) is 6.61 Å². The zero-order valence-electron chi connectivity index (χ0n) is 16.3. The molecule has 1 atom stereocenters. The highest BCUT2D eigenvalue weighted by atomic mass is 35.5. The van der Waals surface area contributed by atoms with Crippen LogP contribution in [0.4, 0.5) is 5.69 Å². The lowest BCUT2D eigenvalue weighted by atomic mass is 10.0. The van der Waals surface area contributed by atoms with Crippen molar-refractivity contribution in [1.29, 1.82) is 0 Å². The van der Waals surface area contributed by atoms with Crippen LogP contribution in [0, 0.1) is 0 Å². The quantitative estimate of drug-likeness (QED) is 0.457. The Morgan fingerprint density at radius 3 is 2.23 bits per heavy atom. The summed E-state index contributed by atoms with van der Waals surface area (Å²) < 4.78 is 5.47. The molecule has 3 aromatic rings. The molecule has 0 aliphatic heterocycles. The van der Waals surface area contributed by atoms with E-state index >= 15 is 0 Å². The number of hydrogen-bond donors (Lipinski definition) is 2. The molecule has 160 valence electrons. The minimum absolute atomic E-state index is 0.248. The third kappa shape index (κ3) is 7.17. The molecular formula is C23H19Cl3N2O3. The molecule has 3 rings (SSSR count). The van der Waals surface area contributed by atoms with Crippen LogP contribution in [0.2, 0.25) is 15.1 Å². The van der Waals surface area contributed by atoms with Crippen molar-refractivity contribution in [3.63, 3.8) is 0 Å². The summed E-state index contributed by atoms with van der Waals surface area (Å²) in [6, 6.07) is 19.9. The molecule has 0 saturated carbocycles. The van der Waals surface area contributed by atoms with E-state index in [0.717, 1.165) is 5.56 Å². The summed E-state index contributed by atoms with van der Waals surface area (Å²) in [4.78, 5) is 25.4. The molecule has 0 aliphatic carbocycles. The Hall–Kier alpha value is -2.73. The van der Waals surface area contributed by atoms with E-state index in [2.05, 4.69) is 10.6 Å². The summed E-state index contributed by atoms with van der Waals surface area (Å²) in [5.74, 6) is -0.349. The van der Waals surface area contributed by atoms with Gasteiger partial charge in [-0.05, 0) is 48.0 Å². The van der Waals surface area contributed by atoms with Gasteiger partial charge in [0, 0.05) is 16.5 Å². The lowest BCUT2D eigenvalue weighted by Crippen LogP contribution is -2.46. The lowest BCUT2D eigenvalue weighted by molar-refractivity contribution is -0.127. The average molecular weight is 478 g/mol. The van der Waals surface area contributed by atoms with Crippen molar-refractivity contribution in [2.24, 2.45) is 0 Å². The first-order valence-electron chi connectivity index (χ1n) is 9.38. The van der Waals surface area contributed by atoms with E-state index in [9.17, 15) is 9.59 Å². The van der Waals surface area contributed by atoms with Crippen LogP contribution in [0.5, 0.6) is 5.75 Å². The number of hydrogen-bond acceptors (Lipinski definition) is 3. The zero-order chi connectivity index (χ0) is 22.2. The second-order valence-corrected chi connectivity index (χ2v) is 7.95. The standard InChI is InChI=1S/C23H19Cl3N2O3/c24-16-6-9-18(10-7-16)31-14-22(29)27-21(12-15-4-2-1-3-5-15)23(30)28-20-11-8-17(25)13-19(20)26/h1-11,13,21H,12,14H2,(H,27,29)(H,28,30). The van der Waals surface area contributed by atoms with Crippen LogP contribution < -0.4 is 15.4 Å². The second-order valence-electron chi connectivity index (χ2n) is 6.67. The third-order valence-electron chi connectivity index (χ3n) is 4.31. The number of ether oxygens (including phenoxy) is 1. The van der Waals surface area contributed by atoms with Gasteiger partial charge in [-0.3, -0.25) is 9.59 Å². The van der Waals surface area contributed by atoms with Gasteiger partial charge < -0.3 is 15.4 Å². The number of benzene rings is 3. The highest BCUT2D eigenvalue weighted by Gasteiger charge is 2.22. The number of carbonyl (C=O) groups is 2. The molecule has 0 radical (unpaired) electrons. The van der Waals surface area contributed by atoms with Crippen molar-refractivity contribution in [1.82, 2.24) is 5.32 Å². The third-order valence-corrected chi connectivity index (χ3v) is 5.11. The van der Waals surface area contributed by atoms with Crippen LogP contribution in [0.1, 0.15) is 5.56 Å². The van der Waals surface area contributed by atoms with Crippen molar-refractivity contribution in [3.8, 4) is 5.75 Å². The maximum Gasteiger partial charge on any atom is 0.258 e. The highest BCUT2D eigenvalue weighted by Crippen LogP contribution is 2.25. The zero-order valence-corrected chi connectivity index (χ0v) is 18.5. The van der Waals surface area contributed by atoms with E-state index in [4.69, 9.17) is 39.5 Å². The van der Waals surface area contributed by atoms with Crippen molar-refractivity contribution >= 4 is 52.3 Å². The first-order valence-corrected chi connectivity index (χ1v) is 10.5. The Bertz CT molecular complexity index is 1040. The topological polar surface area (TPSA) is 67.4 Å². The lowest BCUT2D eigenvalue weighted by Gasteiger charge is -2.19. The average Bonchev–Trinajstić information content (AvgIpc) is 2.75. The Balaban J connectivity index is 1.68. The van der Waals surface area contributed by atoms with Crippen LogP contribution in [0.25, 0.3) is 0 Å². The molecule has 0 saturated heterocycles. The summed E-state index contributed by atoms with van der Waals surface area (Å²) in [6.07, 6.45) is 0.296. The van der Waals surface area contributed by atoms with E-state index in [1.165, 1.54) is 6.07 Å². The molecular weight excluding hydrogens is 459 g/mol. The van der Waals surface area contributed by atoms with Crippen molar-refractivity contribution in [3.05, 3.63) is 93.4 Å². The number of anilines is 1. The normalized spacial score (nSPS) is 11.5. The molecule has 1 unspecified atom stereocenters. The van der Waals surface area contributed by atoms with Crippen molar-refractivity contribution in [2.45, 2.75) is 12.5 Å². The van der Waals surface area contributed by atoms with Gasteiger partial charge in [-0.1, -0.05) is 65.1 Å². The monoisotopic (exact) mass is 476 g/mol. The minimum atomic E-state index is -0.838. The van der Waals surface area contributed by atoms with Gasteiger partial charge in [0.25, 0.3) is 5.91 Å². The molecule has 5 nitrogen and oxygen atoms in total. The summed E-state index contributed by atoms with van der Waals surface area (Å²) in [6.45, 7) is -0.248. The molecule has 0 aromatic heterocycles.